The van der Waals surface area contributed by atoms with Gasteiger partial charge < -0.3 is 4.74 Å². The van der Waals surface area contributed by atoms with Crippen LogP contribution in [0.25, 0.3) is 33.1 Å². The van der Waals surface area contributed by atoms with E-state index < -0.39 is 10.0 Å². The molecule has 4 aromatic carbocycles. The van der Waals surface area contributed by atoms with Gasteiger partial charge in [-0.3, -0.25) is 0 Å². The predicted molar refractivity (Wildman–Crippen MR) is 148 cm³/mol. The van der Waals surface area contributed by atoms with E-state index in [2.05, 4.69) is 106 Å². The lowest BCUT2D eigenvalue weighted by Gasteiger charge is -2.33. The predicted octanol–water partition coefficient (Wildman–Crippen LogP) is 8.54. The van der Waals surface area contributed by atoms with Gasteiger partial charge in [-0.2, -0.15) is 10.0 Å². The van der Waals surface area contributed by atoms with Crippen molar-refractivity contribution < 1.29 is 4.74 Å². The van der Waals surface area contributed by atoms with E-state index in [0.717, 1.165) is 39.8 Å². The number of benzene rings is 4. The zero-order valence-corrected chi connectivity index (χ0v) is 21.7. The molecule has 35 heavy (non-hydrogen) atoms. The Morgan fingerprint density at radius 1 is 0.886 bits per heavy atom. The summed E-state index contributed by atoms with van der Waals surface area (Å²) in [4.78, 5) is 12.9. The van der Waals surface area contributed by atoms with Gasteiger partial charge in [-0.15, -0.1) is 0 Å². The van der Waals surface area contributed by atoms with Gasteiger partial charge in [-0.1, -0.05) is 50.2 Å². The Morgan fingerprint density at radius 2 is 1.69 bits per heavy atom. The first-order chi connectivity index (χ1) is 16.8. The molecule has 1 aliphatic heterocycles. The minimum absolute atomic E-state index is 0.578. The van der Waals surface area contributed by atoms with Crippen molar-refractivity contribution in [2.24, 2.45) is 5.92 Å². The van der Waals surface area contributed by atoms with Gasteiger partial charge in [0.25, 0.3) is 0 Å². The van der Waals surface area contributed by atoms with Crippen LogP contribution in [0.15, 0.2) is 82.6 Å². The van der Waals surface area contributed by atoms with E-state index in [1.165, 1.54) is 26.3 Å². The van der Waals surface area contributed by atoms with Crippen molar-refractivity contribution in [3.05, 3.63) is 83.9 Å². The van der Waals surface area contributed by atoms with Crippen molar-refractivity contribution in [1.82, 2.24) is 9.97 Å². The van der Waals surface area contributed by atoms with Crippen LogP contribution in [0.1, 0.15) is 25.0 Å². The van der Waals surface area contributed by atoms with Gasteiger partial charge >= 0.3 is 0 Å². The van der Waals surface area contributed by atoms with Gasteiger partial charge in [0, 0.05) is 15.8 Å². The Labute approximate surface area is 208 Å². The smallest absolute Gasteiger partial charge is 0.246 e. The third-order valence-electron chi connectivity index (χ3n) is 6.83. The monoisotopic (exact) mass is 478 g/mol. The number of fused-ring (bicyclic) bond motifs is 3. The van der Waals surface area contributed by atoms with Gasteiger partial charge in [0.15, 0.2) is 0 Å². The maximum Gasteiger partial charge on any atom is 0.246 e. The molecule has 5 aromatic rings. The first kappa shape index (κ1) is 22.1. The van der Waals surface area contributed by atoms with Crippen LogP contribution in [0.3, 0.4) is 0 Å². The zero-order valence-electron chi connectivity index (χ0n) is 20.9. The molecule has 0 saturated carbocycles. The first-order valence-corrected chi connectivity index (χ1v) is 14.6. The molecule has 0 spiro atoms. The van der Waals surface area contributed by atoms with E-state index >= 15 is 0 Å². The minimum atomic E-state index is -1.28. The molecule has 1 aliphatic rings. The van der Waals surface area contributed by atoms with Gasteiger partial charge in [-0.05, 0) is 89.6 Å². The van der Waals surface area contributed by atoms with Crippen LogP contribution in [0, 0.1) is 12.8 Å². The summed E-state index contributed by atoms with van der Waals surface area (Å²) in [5.74, 6) is 2.07. The second kappa shape index (κ2) is 8.10. The standard InChI is InChI=1S/C31H30N2OS/c1-19(2)14-21-17-22-15-20(3)16-24-28(22)26(18-21)34-31-29(24)32-25-12-9-13-27(30(25)33-31)35(4,5)23-10-7-6-8-11-23/h6-13,15-19H,14H2,1-5H3. The molecule has 6 rings (SSSR count). The van der Waals surface area contributed by atoms with E-state index in [1.54, 1.807) is 0 Å². The van der Waals surface area contributed by atoms with E-state index in [4.69, 9.17) is 14.7 Å². The summed E-state index contributed by atoms with van der Waals surface area (Å²) in [6, 6.07) is 26.1. The highest BCUT2D eigenvalue weighted by atomic mass is 32.3. The Hall–Kier alpha value is -3.37. The molecule has 0 fully saturated rings. The number of ether oxygens (including phenoxy) is 1. The fourth-order valence-corrected chi connectivity index (χ4v) is 7.37. The summed E-state index contributed by atoms with van der Waals surface area (Å²) in [5.41, 5.74) is 6.31. The van der Waals surface area contributed by atoms with Crippen molar-refractivity contribution >= 4 is 31.8 Å². The molecule has 2 heterocycles. The number of hydrogen-bond donors (Lipinski definition) is 0. The van der Waals surface area contributed by atoms with Crippen LogP contribution in [-0.4, -0.2) is 22.5 Å². The van der Waals surface area contributed by atoms with Crippen LogP contribution < -0.4 is 4.74 Å². The highest BCUT2D eigenvalue weighted by Gasteiger charge is 2.27. The van der Waals surface area contributed by atoms with Gasteiger partial charge in [0.05, 0.1) is 5.52 Å². The summed E-state index contributed by atoms with van der Waals surface area (Å²) in [6.45, 7) is 6.66. The van der Waals surface area contributed by atoms with Gasteiger partial charge in [0.2, 0.25) is 5.88 Å². The molecule has 0 bridgehead atoms. The lowest BCUT2D eigenvalue weighted by atomic mass is 9.93. The van der Waals surface area contributed by atoms with Crippen LogP contribution in [0.4, 0.5) is 0 Å². The molecule has 0 aliphatic carbocycles. The fourth-order valence-electron chi connectivity index (χ4n) is 5.23. The summed E-state index contributed by atoms with van der Waals surface area (Å²) in [7, 11) is -1.28. The van der Waals surface area contributed by atoms with Crippen molar-refractivity contribution in [2.75, 3.05) is 12.5 Å². The quantitative estimate of drug-likeness (QED) is 0.255. The van der Waals surface area contributed by atoms with Gasteiger partial charge in [0.1, 0.15) is 17.0 Å². The molecule has 0 unspecified atom stereocenters. The lowest BCUT2D eigenvalue weighted by molar-refractivity contribution is 0.465. The van der Waals surface area contributed by atoms with Gasteiger partial charge in [-0.25, -0.2) is 9.97 Å². The Balaban J connectivity index is 1.59. The largest absolute Gasteiger partial charge is 0.436 e. The normalized spacial score (nSPS) is 13.2. The highest BCUT2D eigenvalue weighted by molar-refractivity contribution is 8.32. The van der Waals surface area contributed by atoms with E-state index in [9.17, 15) is 0 Å². The first-order valence-electron chi connectivity index (χ1n) is 12.2. The second-order valence-corrected chi connectivity index (χ2v) is 13.9. The van der Waals surface area contributed by atoms with Crippen molar-refractivity contribution in [2.45, 2.75) is 37.0 Å². The number of aryl methyl sites for hydroxylation is 1. The maximum atomic E-state index is 6.53. The topological polar surface area (TPSA) is 35.0 Å². The Kier molecular flexibility index (Phi) is 5.12. The number of para-hydroxylation sites is 1. The van der Waals surface area contributed by atoms with Crippen LogP contribution in [0.5, 0.6) is 11.6 Å². The molecule has 0 radical (unpaired) electrons. The molecule has 1 aromatic heterocycles. The number of nitrogens with zero attached hydrogens (tertiary/aromatic N) is 2. The summed E-state index contributed by atoms with van der Waals surface area (Å²) in [6.07, 6.45) is 5.68. The van der Waals surface area contributed by atoms with E-state index in [0.29, 0.717) is 11.8 Å². The van der Waals surface area contributed by atoms with Crippen molar-refractivity contribution in [3.8, 4) is 22.9 Å². The van der Waals surface area contributed by atoms with E-state index in [1.807, 2.05) is 0 Å². The molecule has 0 amide bonds. The summed E-state index contributed by atoms with van der Waals surface area (Å²) >= 11 is 0. The molecular formula is C31H30N2OS. The Morgan fingerprint density at radius 3 is 2.46 bits per heavy atom. The Bertz CT molecular complexity index is 1610. The maximum absolute atomic E-state index is 6.53. The van der Waals surface area contributed by atoms with Crippen LogP contribution in [-0.2, 0) is 6.42 Å². The molecule has 0 atom stereocenters. The molecule has 3 nitrogen and oxygen atoms in total. The fraction of sp³-hybridized carbons (Fsp3) is 0.226. The molecular weight excluding hydrogens is 448 g/mol. The van der Waals surface area contributed by atoms with Crippen LogP contribution in [0.2, 0.25) is 0 Å². The molecule has 4 heteroatoms. The number of hydrogen-bond acceptors (Lipinski definition) is 3. The summed E-state index contributed by atoms with van der Waals surface area (Å²) in [5, 5.41) is 2.35. The average molecular weight is 479 g/mol. The van der Waals surface area contributed by atoms with Crippen molar-refractivity contribution in [3.63, 3.8) is 0 Å². The average Bonchev–Trinajstić information content (AvgIpc) is 2.82. The molecule has 0 saturated heterocycles. The summed E-state index contributed by atoms with van der Waals surface area (Å²) < 4.78 is 6.53. The number of rotatable bonds is 4. The third kappa shape index (κ3) is 3.68. The minimum Gasteiger partial charge on any atom is -0.436 e. The second-order valence-electron chi connectivity index (χ2n) is 10.3. The van der Waals surface area contributed by atoms with E-state index in [-0.39, 0.29) is 0 Å². The SMILES string of the molecule is Cc1cc2c3c(cc(CC(C)C)cc3c1)Oc1nc3c(S(C)(C)c4ccccc4)cccc3nc1-2. The third-order valence-corrected chi connectivity index (χ3v) is 9.71. The van der Waals surface area contributed by atoms with Crippen LogP contribution >= 0.6 is 10.0 Å². The number of aromatic nitrogens is 2. The zero-order chi connectivity index (χ0) is 24.3. The highest BCUT2D eigenvalue weighted by Crippen LogP contribution is 2.58. The molecule has 176 valence electrons. The lowest BCUT2D eigenvalue weighted by Crippen LogP contribution is -2.06. The van der Waals surface area contributed by atoms with Crippen molar-refractivity contribution in [1.29, 1.82) is 0 Å². The molecule has 0 N–H and O–H groups in total.